The number of benzene rings is 1. The second-order valence-electron chi connectivity index (χ2n) is 6.97. The summed E-state index contributed by atoms with van der Waals surface area (Å²) in [7, 11) is 0. The summed E-state index contributed by atoms with van der Waals surface area (Å²) in [6.45, 7) is 7.01. The van der Waals surface area contributed by atoms with Crippen molar-refractivity contribution in [3.05, 3.63) is 35.4 Å². The highest BCUT2D eigenvalue weighted by Crippen LogP contribution is 2.23. The molecule has 0 aromatic heterocycles. The zero-order chi connectivity index (χ0) is 17.7. The Balaban J connectivity index is 2.06. The van der Waals surface area contributed by atoms with Crippen LogP contribution in [0, 0.1) is 12.8 Å². The van der Waals surface area contributed by atoms with E-state index in [0.29, 0.717) is 5.92 Å². The number of carbonyl (C=O) groups excluding carboxylic acids is 2. The zero-order valence-corrected chi connectivity index (χ0v) is 14.9. The molecule has 1 aliphatic heterocycles. The fourth-order valence-electron chi connectivity index (χ4n) is 3.27. The lowest BCUT2D eigenvalue weighted by Gasteiger charge is -2.35. The maximum absolute atomic E-state index is 12.7. The van der Waals surface area contributed by atoms with Gasteiger partial charge in [-0.3, -0.25) is 9.59 Å². The number of piperidine rings is 1. The number of nitrogens with two attached hydrogens (primary N) is 1. The number of amides is 2. The Morgan fingerprint density at radius 1 is 1.33 bits per heavy atom. The quantitative estimate of drug-likeness (QED) is 0.868. The van der Waals surface area contributed by atoms with Crippen LogP contribution in [-0.2, 0) is 9.59 Å². The normalized spacial score (nSPS) is 20.3. The number of rotatable bonds is 5. The van der Waals surface area contributed by atoms with Crippen LogP contribution in [0.4, 0.5) is 0 Å². The summed E-state index contributed by atoms with van der Waals surface area (Å²) in [4.78, 5) is 26.2. The molecule has 1 aromatic carbocycles. The average Bonchev–Trinajstić information content (AvgIpc) is 2.54. The first kappa shape index (κ1) is 18.5. The van der Waals surface area contributed by atoms with Gasteiger partial charge in [0.25, 0.3) is 0 Å². The Labute approximate surface area is 144 Å². The average molecular weight is 331 g/mol. The lowest BCUT2D eigenvalue weighted by atomic mass is 9.91. The lowest BCUT2D eigenvalue weighted by molar-refractivity contribution is -0.134. The van der Waals surface area contributed by atoms with Crippen molar-refractivity contribution in [3.63, 3.8) is 0 Å². The van der Waals surface area contributed by atoms with Gasteiger partial charge in [-0.05, 0) is 38.2 Å². The summed E-state index contributed by atoms with van der Waals surface area (Å²) in [6.07, 6.45) is 2.36. The van der Waals surface area contributed by atoms with E-state index in [0.717, 1.165) is 37.1 Å². The molecule has 2 rings (SSSR count). The minimum Gasteiger partial charge on any atom is -0.349 e. The van der Waals surface area contributed by atoms with E-state index in [-0.39, 0.29) is 30.3 Å². The standard InChI is InChI=1S/C19H29N3O2/c1-13-6-8-16(9-7-13)18(21-15(3)23)11-19(24)22-10-4-5-17(12-22)14(2)20/h6-9,14,17-18H,4-5,10-12,20H2,1-3H3,(H,21,23). The zero-order valence-electron chi connectivity index (χ0n) is 14.9. The Kier molecular flexibility index (Phi) is 6.37. The molecule has 5 heteroatoms. The van der Waals surface area contributed by atoms with Gasteiger partial charge in [-0.1, -0.05) is 29.8 Å². The fraction of sp³-hybridized carbons (Fsp3) is 0.579. The summed E-state index contributed by atoms with van der Waals surface area (Å²) < 4.78 is 0. The molecule has 3 unspecified atom stereocenters. The van der Waals surface area contributed by atoms with Crippen LogP contribution >= 0.6 is 0 Å². The molecule has 2 amide bonds. The topological polar surface area (TPSA) is 75.4 Å². The number of hydrogen-bond donors (Lipinski definition) is 2. The van der Waals surface area contributed by atoms with Gasteiger partial charge < -0.3 is 16.0 Å². The first-order chi connectivity index (χ1) is 11.4. The van der Waals surface area contributed by atoms with Crippen LogP contribution in [0.1, 0.15) is 50.3 Å². The summed E-state index contributed by atoms with van der Waals surface area (Å²) in [5, 5.41) is 2.91. The van der Waals surface area contributed by atoms with E-state index in [9.17, 15) is 9.59 Å². The number of nitrogens with one attached hydrogen (secondary N) is 1. The van der Waals surface area contributed by atoms with Crippen molar-refractivity contribution in [1.29, 1.82) is 0 Å². The highest BCUT2D eigenvalue weighted by atomic mass is 16.2. The molecule has 0 bridgehead atoms. The summed E-state index contributed by atoms with van der Waals surface area (Å²) in [6, 6.07) is 7.77. The largest absolute Gasteiger partial charge is 0.349 e. The number of nitrogens with zero attached hydrogens (tertiary/aromatic N) is 1. The Bertz CT molecular complexity index is 568. The molecule has 3 N–H and O–H groups in total. The number of carbonyl (C=O) groups is 2. The molecule has 1 heterocycles. The van der Waals surface area contributed by atoms with Gasteiger partial charge in [0.1, 0.15) is 0 Å². The predicted octanol–water partition coefficient (Wildman–Crippen LogP) is 2.15. The summed E-state index contributed by atoms with van der Waals surface area (Å²) in [5.41, 5.74) is 8.12. The molecule has 1 saturated heterocycles. The van der Waals surface area contributed by atoms with Gasteiger partial charge in [0.2, 0.25) is 11.8 Å². The first-order valence-electron chi connectivity index (χ1n) is 8.74. The summed E-state index contributed by atoms with van der Waals surface area (Å²) in [5.74, 6) is 0.321. The monoisotopic (exact) mass is 331 g/mol. The molecule has 1 aliphatic rings. The van der Waals surface area contributed by atoms with Crippen molar-refractivity contribution in [2.45, 2.75) is 52.1 Å². The fourth-order valence-corrected chi connectivity index (χ4v) is 3.27. The van der Waals surface area contributed by atoms with Crippen LogP contribution in [0.2, 0.25) is 0 Å². The molecule has 0 aliphatic carbocycles. The molecule has 24 heavy (non-hydrogen) atoms. The highest BCUT2D eigenvalue weighted by Gasteiger charge is 2.27. The van der Waals surface area contributed by atoms with Crippen molar-refractivity contribution in [3.8, 4) is 0 Å². The van der Waals surface area contributed by atoms with Crippen LogP contribution in [0.3, 0.4) is 0 Å². The molecule has 0 saturated carbocycles. The Morgan fingerprint density at radius 3 is 2.58 bits per heavy atom. The van der Waals surface area contributed by atoms with Gasteiger partial charge in [-0.2, -0.15) is 0 Å². The minimum atomic E-state index is -0.286. The van der Waals surface area contributed by atoms with E-state index in [1.807, 2.05) is 43.0 Å². The third-order valence-corrected chi connectivity index (χ3v) is 4.79. The Morgan fingerprint density at radius 2 is 2.00 bits per heavy atom. The number of likely N-dealkylation sites (tertiary alicyclic amines) is 1. The molecular weight excluding hydrogens is 302 g/mol. The van der Waals surface area contributed by atoms with Gasteiger partial charge in [0.15, 0.2) is 0 Å². The highest BCUT2D eigenvalue weighted by molar-refractivity contribution is 5.79. The molecule has 132 valence electrons. The SMILES string of the molecule is CC(=O)NC(CC(=O)N1CCCC(C(C)N)C1)c1ccc(C)cc1. The third-order valence-electron chi connectivity index (χ3n) is 4.79. The third kappa shape index (κ3) is 5.06. The van der Waals surface area contributed by atoms with Crippen molar-refractivity contribution >= 4 is 11.8 Å². The van der Waals surface area contributed by atoms with Crippen molar-refractivity contribution in [2.75, 3.05) is 13.1 Å². The van der Waals surface area contributed by atoms with Gasteiger partial charge in [-0.15, -0.1) is 0 Å². The van der Waals surface area contributed by atoms with Gasteiger partial charge in [0.05, 0.1) is 12.5 Å². The van der Waals surface area contributed by atoms with E-state index in [1.165, 1.54) is 6.92 Å². The number of aryl methyl sites for hydroxylation is 1. The van der Waals surface area contributed by atoms with E-state index in [4.69, 9.17) is 5.73 Å². The van der Waals surface area contributed by atoms with Gasteiger partial charge in [-0.25, -0.2) is 0 Å². The molecule has 0 spiro atoms. The van der Waals surface area contributed by atoms with E-state index in [2.05, 4.69) is 5.32 Å². The number of hydrogen-bond acceptors (Lipinski definition) is 3. The van der Waals surface area contributed by atoms with Crippen LogP contribution in [0.5, 0.6) is 0 Å². The van der Waals surface area contributed by atoms with Crippen molar-refractivity contribution in [2.24, 2.45) is 11.7 Å². The minimum absolute atomic E-state index is 0.0830. The van der Waals surface area contributed by atoms with E-state index >= 15 is 0 Å². The molecule has 3 atom stereocenters. The Hall–Kier alpha value is -1.88. The molecule has 1 aromatic rings. The van der Waals surface area contributed by atoms with Crippen molar-refractivity contribution < 1.29 is 9.59 Å². The second kappa shape index (κ2) is 8.29. The predicted molar refractivity (Wildman–Crippen MR) is 95.3 cm³/mol. The van der Waals surface area contributed by atoms with Crippen LogP contribution in [-0.4, -0.2) is 35.8 Å². The van der Waals surface area contributed by atoms with E-state index < -0.39 is 0 Å². The van der Waals surface area contributed by atoms with E-state index in [1.54, 1.807) is 0 Å². The summed E-state index contributed by atoms with van der Waals surface area (Å²) >= 11 is 0. The van der Waals surface area contributed by atoms with Crippen LogP contribution < -0.4 is 11.1 Å². The molecule has 1 fully saturated rings. The molecular formula is C19H29N3O2. The second-order valence-corrected chi connectivity index (χ2v) is 6.97. The lowest BCUT2D eigenvalue weighted by Crippen LogP contribution is -2.46. The first-order valence-corrected chi connectivity index (χ1v) is 8.74. The van der Waals surface area contributed by atoms with Crippen LogP contribution in [0.25, 0.3) is 0 Å². The van der Waals surface area contributed by atoms with Crippen LogP contribution in [0.15, 0.2) is 24.3 Å². The molecule has 0 radical (unpaired) electrons. The van der Waals surface area contributed by atoms with Gasteiger partial charge in [0, 0.05) is 26.1 Å². The maximum Gasteiger partial charge on any atom is 0.224 e. The van der Waals surface area contributed by atoms with Crippen molar-refractivity contribution in [1.82, 2.24) is 10.2 Å². The molecule has 5 nitrogen and oxygen atoms in total. The maximum atomic E-state index is 12.7. The smallest absolute Gasteiger partial charge is 0.224 e. The van der Waals surface area contributed by atoms with Gasteiger partial charge >= 0.3 is 0 Å².